The van der Waals surface area contributed by atoms with Crippen LogP contribution in [-0.4, -0.2) is 23.0 Å². The fraction of sp³-hybridized carbons (Fsp3) is 0.583. The summed E-state index contributed by atoms with van der Waals surface area (Å²) in [7, 11) is 0. The van der Waals surface area contributed by atoms with Crippen molar-refractivity contribution < 1.29 is 0 Å². The van der Waals surface area contributed by atoms with Crippen LogP contribution in [0, 0.1) is 5.92 Å². The van der Waals surface area contributed by atoms with Crippen molar-refractivity contribution in [1.29, 1.82) is 0 Å². The number of hydrogen-bond donors (Lipinski definition) is 0. The Morgan fingerprint density at radius 3 is 3.07 bits per heavy atom. The summed E-state index contributed by atoms with van der Waals surface area (Å²) in [5.41, 5.74) is 1.26. The zero-order valence-corrected chi connectivity index (χ0v) is 9.87. The van der Waals surface area contributed by atoms with E-state index in [9.17, 15) is 0 Å². The number of likely N-dealkylation sites (tertiary alicyclic amines) is 1. The fourth-order valence-corrected chi connectivity index (χ4v) is 2.30. The minimum absolute atomic E-state index is 0.575. The predicted molar refractivity (Wildman–Crippen MR) is 62.9 cm³/mol. The molecule has 2 nitrogen and oxygen atoms in total. The van der Waals surface area contributed by atoms with Gasteiger partial charge in [-0.3, -0.25) is 4.90 Å². The lowest BCUT2D eigenvalue weighted by Gasteiger charge is -2.30. The monoisotopic (exact) mass is 224 g/mol. The number of halogens is 1. The highest BCUT2D eigenvalue weighted by molar-refractivity contribution is 6.29. The molecule has 0 amide bonds. The third-order valence-corrected chi connectivity index (χ3v) is 3.16. The quantitative estimate of drug-likeness (QED) is 0.719. The lowest BCUT2D eigenvalue weighted by molar-refractivity contribution is 0.176. The van der Waals surface area contributed by atoms with Crippen LogP contribution in [0.25, 0.3) is 0 Å². The van der Waals surface area contributed by atoms with E-state index in [-0.39, 0.29) is 0 Å². The largest absolute Gasteiger partial charge is 0.299 e. The van der Waals surface area contributed by atoms with Crippen LogP contribution < -0.4 is 0 Å². The van der Waals surface area contributed by atoms with Gasteiger partial charge in [0, 0.05) is 19.3 Å². The molecule has 0 saturated carbocycles. The molecule has 1 aliphatic rings. The standard InChI is InChI=1S/C12H17ClN2/c1-10-3-2-6-15(8-10)9-11-4-5-12(13)14-7-11/h4-5,7,10H,2-3,6,8-9H2,1H3/t10-/m0/s1. The summed E-state index contributed by atoms with van der Waals surface area (Å²) in [6.07, 6.45) is 4.57. The van der Waals surface area contributed by atoms with Gasteiger partial charge in [-0.1, -0.05) is 24.6 Å². The van der Waals surface area contributed by atoms with Crippen molar-refractivity contribution in [3.05, 3.63) is 29.0 Å². The minimum Gasteiger partial charge on any atom is -0.299 e. The van der Waals surface area contributed by atoms with Crippen molar-refractivity contribution in [3.63, 3.8) is 0 Å². The molecule has 1 aromatic heterocycles. The van der Waals surface area contributed by atoms with Crippen molar-refractivity contribution in [2.45, 2.75) is 26.3 Å². The van der Waals surface area contributed by atoms with E-state index in [4.69, 9.17) is 11.6 Å². The first kappa shape index (κ1) is 10.9. The summed E-state index contributed by atoms with van der Waals surface area (Å²) in [5.74, 6) is 0.832. The molecule has 1 atom stereocenters. The average Bonchev–Trinajstić information content (AvgIpc) is 2.22. The summed E-state index contributed by atoms with van der Waals surface area (Å²) in [4.78, 5) is 6.60. The molecule has 0 aromatic carbocycles. The normalized spacial score (nSPS) is 22.9. The molecule has 15 heavy (non-hydrogen) atoms. The molecule has 3 heteroatoms. The Hall–Kier alpha value is -0.600. The zero-order valence-electron chi connectivity index (χ0n) is 9.12. The molecular weight excluding hydrogens is 208 g/mol. The van der Waals surface area contributed by atoms with Gasteiger partial charge in [-0.05, 0) is 36.9 Å². The number of nitrogens with zero attached hydrogens (tertiary/aromatic N) is 2. The first-order valence-electron chi connectivity index (χ1n) is 5.57. The zero-order chi connectivity index (χ0) is 10.7. The van der Waals surface area contributed by atoms with Crippen LogP contribution in [0.15, 0.2) is 18.3 Å². The Labute approximate surface area is 96.3 Å². The van der Waals surface area contributed by atoms with Gasteiger partial charge in [0.25, 0.3) is 0 Å². The van der Waals surface area contributed by atoms with E-state index >= 15 is 0 Å². The highest BCUT2D eigenvalue weighted by atomic mass is 35.5. The lowest BCUT2D eigenvalue weighted by Crippen LogP contribution is -2.33. The third-order valence-electron chi connectivity index (χ3n) is 2.94. The maximum Gasteiger partial charge on any atom is 0.129 e. The van der Waals surface area contributed by atoms with Crippen molar-refractivity contribution in [2.24, 2.45) is 5.92 Å². The molecule has 2 rings (SSSR count). The van der Waals surface area contributed by atoms with Gasteiger partial charge >= 0.3 is 0 Å². The van der Waals surface area contributed by atoms with Crippen molar-refractivity contribution in [3.8, 4) is 0 Å². The van der Waals surface area contributed by atoms with Crippen LogP contribution in [0.1, 0.15) is 25.3 Å². The molecule has 2 heterocycles. The fourth-order valence-electron chi connectivity index (χ4n) is 2.19. The molecule has 0 aliphatic carbocycles. The van der Waals surface area contributed by atoms with Crippen LogP contribution in [0.2, 0.25) is 5.15 Å². The second-order valence-electron chi connectivity index (χ2n) is 4.47. The summed E-state index contributed by atoms with van der Waals surface area (Å²) < 4.78 is 0. The van der Waals surface area contributed by atoms with Gasteiger partial charge in [0.15, 0.2) is 0 Å². The number of pyridine rings is 1. The van der Waals surface area contributed by atoms with Crippen LogP contribution in [0.4, 0.5) is 0 Å². The molecule has 82 valence electrons. The number of aromatic nitrogens is 1. The van der Waals surface area contributed by atoms with Crippen molar-refractivity contribution in [2.75, 3.05) is 13.1 Å². The molecule has 1 aromatic rings. The Balaban J connectivity index is 1.93. The highest BCUT2D eigenvalue weighted by Crippen LogP contribution is 2.17. The van der Waals surface area contributed by atoms with Gasteiger partial charge in [0.2, 0.25) is 0 Å². The van der Waals surface area contributed by atoms with Crippen LogP contribution in [0.5, 0.6) is 0 Å². The molecule has 1 fully saturated rings. The molecule has 1 saturated heterocycles. The smallest absolute Gasteiger partial charge is 0.129 e. The van der Waals surface area contributed by atoms with E-state index < -0.39 is 0 Å². The van der Waals surface area contributed by atoms with E-state index in [1.165, 1.54) is 31.5 Å². The second kappa shape index (κ2) is 4.95. The Morgan fingerprint density at radius 1 is 1.53 bits per heavy atom. The van der Waals surface area contributed by atoms with Gasteiger partial charge in [0.05, 0.1) is 0 Å². The first-order valence-corrected chi connectivity index (χ1v) is 5.94. The minimum atomic E-state index is 0.575. The first-order chi connectivity index (χ1) is 7.24. The molecule has 1 aliphatic heterocycles. The van der Waals surface area contributed by atoms with Crippen molar-refractivity contribution in [1.82, 2.24) is 9.88 Å². The maximum absolute atomic E-state index is 5.75. The number of rotatable bonds is 2. The van der Waals surface area contributed by atoms with E-state index in [1.807, 2.05) is 12.3 Å². The Morgan fingerprint density at radius 2 is 2.40 bits per heavy atom. The Bertz CT molecular complexity index is 310. The number of hydrogen-bond acceptors (Lipinski definition) is 2. The van der Waals surface area contributed by atoms with Gasteiger partial charge in [0.1, 0.15) is 5.15 Å². The Kier molecular flexibility index (Phi) is 3.60. The lowest BCUT2D eigenvalue weighted by atomic mass is 10.00. The summed E-state index contributed by atoms with van der Waals surface area (Å²) >= 11 is 5.75. The third kappa shape index (κ3) is 3.18. The topological polar surface area (TPSA) is 16.1 Å². The van der Waals surface area contributed by atoms with E-state index in [0.717, 1.165) is 12.5 Å². The van der Waals surface area contributed by atoms with E-state index in [0.29, 0.717) is 5.15 Å². The van der Waals surface area contributed by atoms with E-state index in [2.05, 4.69) is 22.9 Å². The van der Waals surface area contributed by atoms with Gasteiger partial charge < -0.3 is 0 Å². The SMILES string of the molecule is C[C@H]1CCCN(Cc2ccc(Cl)nc2)C1. The average molecular weight is 225 g/mol. The molecule has 0 spiro atoms. The maximum atomic E-state index is 5.75. The molecule has 0 radical (unpaired) electrons. The molecule has 0 N–H and O–H groups in total. The summed E-state index contributed by atoms with van der Waals surface area (Å²) in [6.45, 7) is 5.76. The van der Waals surface area contributed by atoms with Crippen molar-refractivity contribution >= 4 is 11.6 Å². The van der Waals surface area contributed by atoms with Gasteiger partial charge in [-0.2, -0.15) is 0 Å². The van der Waals surface area contributed by atoms with Crippen LogP contribution >= 0.6 is 11.6 Å². The van der Waals surface area contributed by atoms with E-state index in [1.54, 1.807) is 0 Å². The predicted octanol–water partition coefficient (Wildman–Crippen LogP) is 2.97. The second-order valence-corrected chi connectivity index (χ2v) is 4.86. The summed E-state index contributed by atoms with van der Waals surface area (Å²) in [5, 5.41) is 0.575. The number of piperidine rings is 1. The highest BCUT2D eigenvalue weighted by Gasteiger charge is 2.15. The molecule has 0 unspecified atom stereocenters. The summed E-state index contributed by atoms with van der Waals surface area (Å²) in [6, 6.07) is 3.93. The van der Waals surface area contributed by atoms with Crippen LogP contribution in [0.3, 0.4) is 0 Å². The van der Waals surface area contributed by atoms with Gasteiger partial charge in [-0.15, -0.1) is 0 Å². The van der Waals surface area contributed by atoms with Gasteiger partial charge in [-0.25, -0.2) is 4.98 Å². The molecular formula is C12H17ClN2. The van der Waals surface area contributed by atoms with Crippen LogP contribution in [-0.2, 0) is 6.54 Å². The molecule has 0 bridgehead atoms.